The number of amides is 1. The molecule has 1 aromatic carbocycles. The maximum Gasteiger partial charge on any atom is 0.304 e. The second kappa shape index (κ2) is 5.66. The highest BCUT2D eigenvalue weighted by Gasteiger charge is 2.17. The van der Waals surface area contributed by atoms with E-state index in [1.54, 1.807) is 13.0 Å². The molecular weight excluding hydrogens is 277 g/mol. The second-order valence-electron chi connectivity index (χ2n) is 4.55. The lowest BCUT2D eigenvalue weighted by molar-refractivity contribution is -0.387. The first-order valence-electron chi connectivity index (χ1n) is 6.07. The molecule has 108 valence electrons. The monoisotopic (exact) mass is 289 g/mol. The van der Waals surface area contributed by atoms with Crippen molar-refractivity contribution in [1.82, 2.24) is 4.98 Å². The number of halogens is 1. The van der Waals surface area contributed by atoms with Crippen molar-refractivity contribution in [1.29, 1.82) is 0 Å². The summed E-state index contributed by atoms with van der Waals surface area (Å²) in [6.45, 7) is 3.64. The Morgan fingerprint density at radius 2 is 2.00 bits per heavy atom. The first kappa shape index (κ1) is 14.6. The smallest absolute Gasteiger partial charge is 0.304 e. The van der Waals surface area contributed by atoms with Crippen molar-refractivity contribution in [3.8, 4) is 0 Å². The third-order valence-corrected chi connectivity index (χ3v) is 2.75. The number of nitro benzene ring substituents is 1. The lowest BCUT2D eigenvalue weighted by Crippen LogP contribution is -2.14. The number of hydrogen-bond donors (Lipinski definition) is 1. The van der Waals surface area contributed by atoms with Gasteiger partial charge in [0.25, 0.3) is 5.91 Å². The van der Waals surface area contributed by atoms with Crippen molar-refractivity contribution in [3.63, 3.8) is 0 Å². The van der Waals surface area contributed by atoms with Gasteiger partial charge in [0.05, 0.1) is 4.92 Å². The van der Waals surface area contributed by atoms with Crippen molar-refractivity contribution in [2.75, 3.05) is 5.32 Å². The number of carbonyl (C=O) groups is 1. The van der Waals surface area contributed by atoms with Crippen LogP contribution in [-0.4, -0.2) is 15.8 Å². The molecule has 21 heavy (non-hydrogen) atoms. The van der Waals surface area contributed by atoms with Crippen LogP contribution in [-0.2, 0) is 0 Å². The molecule has 2 rings (SSSR count). The van der Waals surface area contributed by atoms with Gasteiger partial charge in [0.2, 0.25) is 5.82 Å². The van der Waals surface area contributed by atoms with Gasteiger partial charge in [-0.15, -0.1) is 0 Å². The molecule has 1 aromatic heterocycles. The van der Waals surface area contributed by atoms with E-state index in [0.29, 0.717) is 5.82 Å². The van der Waals surface area contributed by atoms with Crippen molar-refractivity contribution >= 4 is 17.4 Å². The number of nitrogens with zero attached hydrogens (tertiary/aromatic N) is 2. The molecule has 0 atom stereocenters. The molecule has 0 aliphatic carbocycles. The zero-order valence-corrected chi connectivity index (χ0v) is 11.4. The van der Waals surface area contributed by atoms with E-state index in [0.717, 1.165) is 23.4 Å². The summed E-state index contributed by atoms with van der Waals surface area (Å²) in [5.41, 5.74) is 0.975. The third-order valence-electron chi connectivity index (χ3n) is 2.75. The Morgan fingerprint density at radius 3 is 2.57 bits per heavy atom. The fourth-order valence-corrected chi connectivity index (χ4v) is 1.89. The number of rotatable bonds is 3. The molecule has 2 aromatic rings. The summed E-state index contributed by atoms with van der Waals surface area (Å²) in [6, 6.07) is 6.50. The Bertz CT molecular complexity index is 711. The van der Waals surface area contributed by atoms with Crippen LogP contribution in [0.2, 0.25) is 0 Å². The van der Waals surface area contributed by atoms with Gasteiger partial charge in [-0.25, -0.2) is 4.98 Å². The maximum absolute atomic E-state index is 13.5. The largest absolute Gasteiger partial charge is 0.307 e. The normalized spacial score (nSPS) is 10.2. The van der Waals surface area contributed by atoms with Gasteiger partial charge >= 0.3 is 5.69 Å². The zero-order chi connectivity index (χ0) is 15.6. The van der Waals surface area contributed by atoms with Crippen molar-refractivity contribution < 1.29 is 14.1 Å². The fourth-order valence-electron chi connectivity index (χ4n) is 1.89. The maximum atomic E-state index is 13.5. The lowest BCUT2D eigenvalue weighted by Gasteiger charge is -2.06. The Hall–Kier alpha value is -2.83. The second-order valence-corrected chi connectivity index (χ2v) is 4.55. The summed E-state index contributed by atoms with van der Waals surface area (Å²) in [7, 11) is 0. The topological polar surface area (TPSA) is 85.1 Å². The first-order chi connectivity index (χ1) is 9.86. The van der Waals surface area contributed by atoms with E-state index in [2.05, 4.69) is 10.3 Å². The van der Waals surface area contributed by atoms with Crippen LogP contribution in [0.1, 0.15) is 21.6 Å². The fraction of sp³-hybridized carbons (Fsp3) is 0.143. The molecule has 0 spiro atoms. The average Bonchev–Trinajstić information content (AvgIpc) is 2.36. The van der Waals surface area contributed by atoms with Gasteiger partial charge in [-0.3, -0.25) is 14.9 Å². The quantitative estimate of drug-likeness (QED) is 0.695. The third kappa shape index (κ3) is 3.38. The molecule has 0 saturated carbocycles. The van der Waals surface area contributed by atoms with Crippen molar-refractivity contribution in [2.45, 2.75) is 13.8 Å². The number of benzene rings is 1. The van der Waals surface area contributed by atoms with E-state index >= 15 is 0 Å². The van der Waals surface area contributed by atoms with Crippen molar-refractivity contribution in [2.24, 2.45) is 0 Å². The highest BCUT2D eigenvalue weighted by Crippen LogP contribution is 2.19. The van der Waals surface area contributed by atoms with Gasteiger partial charge in [0.1, 0.15) is 5.82 Å². The number of nitro groups is 1. The summed E-state index contributed by atoms with van der Waals surface area (Å²) in [5.74, 6) is -1.29. The number of aryl methyl sites for hydroxylation is 2. The van der Waals surface area contributed by atoms with Gasteiger partial charge in [0.15, 0.2) is 0 Å². The molecule has 0 fully saturated rings. The molecule has 1 heterocycles. The number of pyridine rings is 1. The number of nitrogens with one attached hydrogen (secondary N) is 1. The number of hydrogen-bond acceptors (Lipinski definition) is 4. The molecule has 0 unspecified atom stereocenters. The molecule has 0 saturated heterocycles. The highest BCUT2D eigenvalue weighted by atomic mass is 19.1. The van der Waals surface area contributed by atoms with Crippen molar-refractivity contribution in [3.05, 3.63) is 63.1 Å². The molecule has 1 amide bonds. The van der Waals surface area contributed by atoms with Gasteiger partial charge in [-0.05, 0) is 43.7 Å². The van der Waals surface area contributed by atoms with Crippen LogP contribution in [0.25, 0.3) is 0 Å². The molecule has 6 nitrogen and oxygen atoms in total. The predicted molar refractivity (Wildman–Crippen MR) is 74.7 cm³/mol. The van der Waals surface area contributed by atoms with E-state index in [1.165, 1.54) is 6.07 Å². The van der Waals surface area contributed by atoms with Crippen LogP contribution in [0, 0.1) is 29.8 Å². The lowest BCUT2D eigenvalue weighted by atomic mass is 10.2. The van der Waals surface area contributed by atoms with Gasteiger partial charge in [0, 0.05) is 17.3 Å². The Labute approximate surface area is 119 Å². The number of carbonyl (C=O) groups excluding carboxylic acids is 1. The van der Waals surface area contributed by atoms with E-state index in [1.807, 2.05) is 13.0 Å². The van der Waals surface area contributed by atoms with Crippen LogP contribution < -0.4 is 5.32 Å². The molecule has 0 aliphatic rings. The highest BCUT2D eigenvalue weighted by molar-refractivity contribution is 6.03. The SMILES string of the molecule is Cc1cc(C)nc(NC(=O)c2ccc([N+](=O)[O-])c(F)c2)c1. The zero-order valence-electron chi connectivity index (χ0n) is 11.4. The molecule has 1 N–H and O–H groups in total. The average molecular weight is 289 g/mol. The Kier molecular flexibility index (Phi) is 3.93. The van der Waals surface area contributed by atoms with Crippen LogP contribution in [0.3, 0.4) is 0 Å². The molecule has 0 bridgehead atoms. The minimum atomic E-state index is -1.05. The van der Waals surface area contributed by atoms with Gasteiger partial charge < -0.3 is 5.32 Å². The summed E-state index contributed by atoms with van der Waals surface area (Å²) < 4.78 is 13.5. The molecule has 0 radical (unpaired) electrons. The van der Waals surface area contributed by atoms with Gasteiger partial charge in [-0.1, -0.05) is 0 Å². The number of aromatic nitrogens is 1. The molecular formula is C14H12FN3O3. The minimum Gasteiger partial charge on any atom is -0.307 e. The van der Waals surface area contributed by atoms with Crippen LogP contribution in [0.4, 0.5) is 15.9 Å². The van der Waals surface area contributed by atoms with Crippen LogP contribution in [0.5, 0.6) is 0 Å². The minimum absolute atomic E-state index is 0.0148. The number of anilines is 1. The predicted octanol–water partition coefficient (Wildman–Crippen LogP) is 3.00. The van der Waals surface area contributed by atoms with Crippen LogP contribution >= 0.6 is 0 Å². The summed E-state index contributed by atoms with van der Waals surface area (Å²) in [4.78, 5) is 25.8. The summed E-state index contributed by atoms with van der Waals surface area (Å²) in [6.07, 6.45) is 0. The van der Waals surface area contributed by atoms with E-state index in [4.69, 9.17) is 0 Å². The van der Waals surface area contributed by atoms with Crippen LogP contribution in [0.15, 0.2) is 30.3 Å². The van der Waals surface area contributed by atoms with Gasteiger partial charge in [-0.2, -0.15) is 4.39 Å². The van der Waals surface area contributed by atoms with E-state index in [9.17, 15) is 19.3 Å². The molecule has 0 aliphatic heterocycles. The summed E-state index contributed by atoms with van der Waals surface area (Å²) >= 11 is 0. The first-order valence-corrected chi connectivity index (χ1v) is 6.07. The molecule has 7 heteroatoms. The standard InChI is InChI=1S/C14H12FN3O3/c1-8-5-9(2)16-13(6-8)17-14(19)10-3-4-12(18(20)21)11(15)7-10/h3-7H,1-2H3,(H,16,17,19). The Balaban J connectivity index is 2.24. The van der Waals surface area contributed by atoms with E-state index in [-0.39, 0.29) is 5.56 Å². The van der Waals surface area contributed by atoms with E-state index < -0.39 is 22.3 Å². The summed E-state index contributed by atoms with van der Waals surface area (Å²) in [5, 5.41) is 13.1. The Morgan fingerprint density at radius 1 is 1.29 bits per heavy atom.